The van der Waals surface area contributed by atoms with Crippen molar-refractivity contribution in [3.8, 4) is 5.75 Å². The topological polar surface area (TPSA) is 21.3 Å². The first-order chi connectivity index (χ1) is 10.3. The van der Waals surface area contributed by atoms with Gasteiger partial charge in [-0.2, -0.15) is 0 Å². The van der Waals surface area contributed by atoms with Crippen molar-refractivity contribution in [3.63, 3.8) is 0 Å². The van der Waals surface area contributed by atoms with Gasteiger partial charge in [-0.1, -0.05) is 18.2 Å². The highest BCUT2D eigenvalue weighted by molar-refractivity contribution is 5.39. The van der Waals surface area contributed by atoms with Gasteiger partial charge in [-0.25, -0.2) is 4.39 Å². The van der Waals surface area contributed by atoms with Crippen molar-refractivity contribution in [3.05, 3.63) is 65.0 Å². The molecule has 0 fully saturated rings. The van der Waals surface area contributed by atoms with E-state index in [-0.39, 0.29) is 5.82 Å². The highest BCUT2D eigenvalue weighted by Crippen LogP contribution is 2.32. The van der Waals surface area contributed by atoms with Crippen molar-refractivity contribution in [2.24, 2.45) is 0 Å². The number of ether oxygens (including phenoxy) is 1. The molecule has 3 rings (SSSR count). The van der Waals surface area contributed by atoms with E-state index in [4.69, 9.17) is 4.74 Å². The third-order valence-electron chi connectivity index (χ3n) is 4.10. The molecule has 2 aromatic rings. The maximum atomic E-state index is 12.9. The highest BCUT2D eigenvalue weighted by Gasteiger charge is 2.18. The molecule has 0 aliphatic heterocycles. The quantitative estimate of drug-likeness (QED) is 0.916. The summed E-state index contributed by atoms with van der Waals surface area (Å²) in [6, 6.07) is 13.2. The van der Waals surface area contributed by atoms with E-state index in [1.54, 1.807) is 12.1 Å². The van der Waals surface area contributed by atoms with Crippen molar-refractivity contribution in [2.45, 2.75) is 31.9 Å². The number of halogens is 1. The number of fused-ring (bicyclic) bond motifs is 1. The van der Waals surface area contributed by atoms with Crippen LogP contribution in [0.2, 0.25) is 0 Å². The van der Waals surface area contributed by atoms with Gasteiger partial charge in [-0.05, 0) is 67.3 Å². The van der Waals surface area contributed by atoms with Crippen LogP contribution in [-0.4, -0.2) is 7.05 Å². The van der Waals surface area contributed by atoms with Crippen molar-refractivity contribution < 1.29 is 9.13 Å². The third-order valence-corrected chi connectivity index (χ3v) is 4.10. The Bertz CT molecular complexity index is 609. The maximum absolute atomic E-state index is 12.9. The molecule has 0 saturated carbocycles. The van der Waals surface area contributed by atoms with Gasteiger partial charge in [-0.3, -0.25) is 0 Å². The summed E-state index contributed by atoms with van der Waals surface area (Å²) in [5, 5.41) is 3.37. The molecule has 1 N–H and O–H groups in total. The van der Waals surface area contributed by atoms with E-state index < -0.39 is 0 Å². The fraction of sp³-hybridized carbons (Fsp3) is 0.333. The predicted octanol–water partition coefficient (Wildman–Crippen LogP) is 4.00. The number of hydrogen-bond donors (Lipinski definition) is 1. The first-order valence-electron chi connectivity index (χ1n) is 7.43. The van der Waals surface area contributed by atoms with Crippen molar-refractivity contribution in [2.75, 3.05) is 7.05 Å². The average Bonchev–Trinajstić information content (AvgIpc) is 2.53. The van der Waals surface area contributed by atoms with Crippen LogP contribution in [0.4, 0.5) is 4.39 Å². The van der Waals surface area contributed by atoms with E-state index in [2.05, 4.69) is 17.4 Å². The van der Waals surface area contributed by atoms with E-state index in [9.17, 15) is 4.39 Å². The smallest absolute Gasteiger partial charge is 0.123 e. The number of aryl methyl sites for hydroxylation is 1. The summed E-state index contributed by atoms with van der Waals surface area (Å²) in [4.78, 5) is 0. The Labute approximate surface area is 125 Å². The zero-order chi connectivity index (χ0) is 14.7. The molecule has 0 bridgehead atoms. The number of benzene rings is 2. The molecule has 3 heteroatoms. The van der Waals surface area contributed by atoms with Crippen LogP contribution in [0.3, 0.4) is 0 Å². The van der Waals surface area contributed by atoms with E-state index in [1.165, 1.54) is 36.1 Å². The summed E-state index contributed by atoms with van der Waals surface area (Å²) in [5.41, 5.74) is 3.73. The fourth-order valence-electron chi connectivity index (χ4n) is 2.93. The van der Waals surface area contributed by atoms with Crippen LogP contribution < -0.4 is 10.1 Å². The number of rotatable bonds is 4. The summed E-state index contributed by atoms with van der Waals surface area (Å²) >= 11 is 0. The van der Waals surface area contributed by atoms with Crippen LogP contribution in [0.25, 0.3) is 0 Å². The highest BCUT2D eigenvalue weighted by atomic mass is 19.1. The summed E-state index contributed by atoms with van der Waals surface area (Å²) in [7, 11) is 2.01. The molecular weight excluding hydrogens is 265 g/mol. The van der Waals surface area contributed by atoms with Crippen LogP contribution >= 0.6 is 0 Å². The molecule has 1 aliphatic carbocycles. The van der Waals surface area contributed by atoms with Gasteiger partial charge in [0.05, 0.1) is 0 Å². The molecule has 0 amide bonds. The standard InChI is InChI=1S/C18H20FNO/c1-20-18-4-2-3-14-11-16(9-10-17(14)18)21-12-13-5-7-15(19)8-6-13/h5-11,18,20H,2-4,12H2,1H3. The van der Waals surface area contributed by atoms with Crippen molar-refractivity contribution in [1.82, 2.24) is 5.32 Å². The first kappa shape index (κ1) is 14.1. The zero-order valence-corrected chi connectivity index (χ0v) is 12.2. The van der Waals surface area contributed by atoms with Gasteiger partial charge in [0, 0.05) is 6.04 Å². The fourth-order valence-corrected chi connectivity index (χ4v) is 2.93. The lowest BCUT2D eigenvalue weighted by atomic mass is 9.87. The molecule has 0 spiro atoms. The Morgan fingerprint density at radius 3 is 2.76 bits per heavy atom. The molecule has 2 aromatic carbocycles. The monoisotopic (exact) mass is 285 g/mol. The maximum Gasteiger partial charge on any atom is 0.123 e. The molecule has 1 atom stereocenters. The van der Waals surface area contributed by atoms with Crippen molar-refractivity contribution >= 4 is 0 Å². The molecule has 1 unspecified atom stereocenters. The molecule has 2 nitrogen and oxygen atoms in total. The van der Waals surface area contributed by atoms with Crippen LogP contribution in [-0.2, 0) is 13.0 Å². The van der Waals surface area contributed by atoms with Gasteiger partial charge < -0.3 is 10.1 Å². The Morgan fingerprint density at radius 1 is 1.19 bits per heavy atom. The van der Waals surface area contributed by atoms with Crippen LogP contribution in [0.5, 0.6) is 5.75 Å². The Kier molecular flexibility index (Phi) is 4.20. The van der Waals surface area contributed by atoms with Crippen LogP contribution in [0, 0.1) is 5.82 Å². The molecule has 110 valence electrons. The first-order valence-corrected chi connectivity index (χ1v) is 7.43. The Morgan fingerprint density at radius 2 is 2.00 bits per heavy atom. The average molecular weight is 285 g/mol. The largest absolute Gasteiger partial charge is 0.489 e. The van der Waals surface area contributed by atoms with E-state index in [1.807, 2.05) is 13.1 Å². The second-order valence-electron chi connectivity index (χ2n) is 5.51. The summed E-state index contributed by atoms with van der Waals surface area (Å²) in [5.74, 6) is 0.667. The van der Waals surface area contributed by atoms with E-state index in [0.717, 1.165) is 17.7 Å². The van der Waals surface area contributed by atoms with Crippen LogP contribution in [0.1, 0.15) is 35.6 Å². The summed E-state index contributed by atoms with van der Waals surface area (Å²) in [6.45, 7) is 0.467. The molecule has 0 aromatic heterocycles. The lowest BCUT2D eigenvalue weighted by molar-refractivity contribution is 0.305. The van der Waals surface area contributed by atoms with Gasteiger partial charge in [0.2, 0.25) is 0 Å². The van der Waals surface area contributed by atoms with Gasteiger partial charge in [0.15, 0.2) is 0 Å². The lowest BCUT2D eigenvalue weighted by Crippen LogP contribution is -2.21. The van der Waals surface area contributed by atoms with Gasteiger partial charge in [-0.15, -0.1) is 0 Å². The van der Waals surface area contributed by atoms with E-state index in [0.29, 0.717) is 12.6 Å². The number of hydrogen-bond acceptors (Lipinski definition) is 2. The molecule has 0 heterocycles. The third kappa shape index (κ3) is 3.24. The molecule has 0 saturated heterocycles. The second kappa shape index (κ2) is 6.27. The summed E-state index contributed by atoms with van der Waals surface area (Å²) < 4.78 is 18.7. The minimum atomic E-state index is -0.217. The minimum absolute atomic E-state index is 0.217. The lowest BCUT2D eigenvalue weighted by Gasteiger charge is -2.25. The Hall–Kier alpha value is -1.87. The zero-order valence-electron chi connectivity index (χ0n) is 12.2. The molecule has 1 aliphatic rings. The molecular formula is C18H20FNO. The SMILES string of the molecule is CNC1CCCc2cc(OCc3ccc(F)cc3)ccc21. The number of nitrogens with one attached hydrogen (secondary N) is 1. The Balaban J connectivity index is 1.70. The van der Waals surface area contributed by atoms with E-state index >= 15 is 0 Å². The minimum Gasteiger partial charge on any atom is -0.489 e. The molecule has 21 heavy (non-hydrogen) atoms. The van der Waals surface area contributed by atoms with Crippen molar-refractivity contribution in [1.29, 1.82) is 0 Å². The van der Waals surface area contributed by atoms with Gasteiger partial charge in [0.25, 0.3) is 0 Å². The molecule has 0 radical (unpaired) electrons. The van der Waals surface area contributed by atoms with Crippen LogP contribution in [0.15, 0.2) is 42.5 Å². The second-order valence-corrected chi connectivity index (χ2v) is 5.51. The predicted molar refractivity (Wildman–Crippen MR) is 81.9 cm³/mol. The van der Waals surface area contributed by atoms with Gasteiger partial charge in [0.1, 0.15) is 18.2 Å². The van der Waals surface area contributed by atoms with Gasteiger partial charge >= 0.3 is 0 Å². The summed E-state index contributed by atoms with van der Waals surface area (Å²) in [6.07, 6.45) is 3.51. The normalized spacial score (nSPS) is 17.3.